The lowest BCUT2D eigenvalue weighted by atomic mass is 9.99. The SMILES string of the molecule is COC(=O)C(N)CCC(C)(C)OC. The lowest BCUT2D eigenvalue weighted by Crippen LogP contribution is -2.34. The monoisotopic (exact) mass is 189 g/mol. The zero-order valence-corrected chi connectivity index (χ0v) is 8.79. The number of methoxy groups -OCH3 is 2. The van der Waals surface area contributed by atoms with Gasteiger partial charge in [-0.25, -0.2) is 0 Å². The molecule has 4 nitrogen and oxygen atoms in total. The number of hydrogen-bond acceptors (Lipinski definition) is 4. The molecule has 0 aliphatic rings. The minimum absolute atomic E-state index is 0.231. The van der Waals surface area contributed by atoms with E-state index in [1.807, 2.05) is 13.8 Å². The molecule has 0 aliphatic carbocycles. The summed E-state index contributed by atoms with van der Waals surface area (Å²) < 4.78 is 9.70. The van der Waals surface area contributed by atoms with Gasteiger partial charge in [0.2, 0.25) is 0 Å². The standard InChI is InChI=1S/C9H19NO3/c1-9(2,13-4)6-5-7(10)8(11)12-3/h7H,5-6,10H2,1-4H3. The molecular weight excluding hydrogens is 170 g/mol. The summed E-state index contributed by atoms with van der Waals surface area (Å²) in [5, 5.41) is 0. The van der Waals surface area contributed by atoms with Crippen molar-refractivity contribution in [3.8, 4) is 0 Å². The van der Waals surface area contributed by atoms with Gasteiger partial charge in [-0.3, -0.25) is 4.79 Å². The van der Waals surface area contributed by atoms with Gasteiger partial charge in [0.05, 0.1) is 12.7 Å². The van der Waals surface area contributed by atoms with E-state index in [9.17, 15) is 4.79 Å². The van der Waals surface area contributed by atoms with Crippen LogP contribution in [0.4, 0.5) is 0 Å². The van der Waals surface area contributed by atoms with Crippen LogP contribution in [0.1, 0.15) is 26.7 Å². The van der Waals surface area contributed by atoms with Crippen LogP contribution in [0.25, 0.3) is 0 Å². The largest absolute Gasteiger partial charge is 0.468 e. The van der Waals surface area contributed by atoms with Crippen LogP contribution in [0.2, 0.25) is 0 Å². The summed E-state index contributed by atoms with van der Waals surface area (Å²) in [6.07, 6.45) is 1.31. The predicted molar refractivity (Wildman–Crippen MR) is 50.3 cm³/mol. The summed E-state index contributed by atoms with van der Waals surface area (Å²) in [4.78, 5) is 10.9. The van der Waals surface area contributed by atoms with Gasteiger partial charge in [0.1, 0.15) is 6.04 Å². The molecule has 0 radical (unpaired) electrons. The van der Waals surface area contributed by atoms with Crippen molar-refractivity contribution in [1.29, 1.82) is 0 Å². The van der Waals surface area contributed by atoms with Gasteiger partial charge in [-0.15, -0.1) is 0 Å². The number of hydrogen-bond donors (Lipinski definition) is 1. The first-order valence-electron chi connectivity index (χ1n) is 4.31. The molecular formula is C9H19NO3. The lowest BCUT2D eigenvalue weighted by Gasteiger charge is -2.23. The maximum absolute atomic E-state index is 10.9. The fourth-order valence-corrected chi connectivity index (χ4v) is 0.874. The van der Waals surface area contributed by atoms with Crippen molar-refractivity contribution < 1.29 is 14.3 Å². The second-order valence-corrected chi connectivity index (χ2v) is 3.63. The highest BCUT2D eigenvalue weighted by Crippen LogP contribution is 2.16. The van der Waals surface area contributed by atoms with E-state index in [4.69, 9.17) is 10.5 Å². The highest BCUT2D eigenvalue weighted by atomic mass is 16.5. The number of nitrogens with two attached hydrogens (primary N) is 1. The zero-order chi connectivity index (χ0) is 10.5. The minimum Gasteiger partial charge on any atom is -0.468 e. The molecule has 0 saturated heterocycles. The van der Waals surface area contributed by atoms with Gasteiger partial charge in [-0.1, -0.05) is 0 Å². The molecule has 0 rings (SSSR count). The minimum atomic E-state index is -0.542. The molecule has 0 aromatic heterocycles. The van der Waals surface area contributed by atoms with Crippen LogP contribution in [0, 0.1) is 0 Å². The van der Waals surface area contributed by atoms with Crippen LogP contribution < -0.4 is 5.73 Å². The van der Waals surface area contributed by atoms with Gasteiger partial charge in [0.25, 0.3) is 0 Å². The van der Waals surface area contributed by atoms with Crippen molar-refractivity contribution in [2.45, 2.75) is 38.3 Å². The molecule has 0 aliphatic heterocycles. The lowest BCUT2D eigenvalue weighted by molar-refractivity contribution is -0.142. The first-order valence-corrected chi connectivity index (χ1v) is 4.31. The van der Waals surface area contributed by atoms with Gasteiger partial charge in [0.15, 0.2) is 0 Å². The Labute approximate surface area is 79.4 Å². The summed E-state index contributed by atoms with van der Waals surface area (Å²) in [5.74, 6) is -0.369. The fourth-order valence-electron chi connectivity index (χ4n) is 0.874. The van der Waals surface area contributed by atoms with Crippen LogP contribution in [0.15, 0.2) is 0 Å². The van der Waals surface area contributed by atoms with E-state index in [-0.39, 0.29) is 11.6 Å². The Morgan fingerprint density at radius 1 is 1.46 bits per heavy atom. The Morgan fingerprint density at radius 3 is 2.38 bits per heavy atom. The maximum Gasteiger partial charge on any atom is 0.322 e. The van der Waals surface area contributed by atoms with Crippen molar-refractivity contribution in [3.05, 3.63) is 0 Å². The van der Waals surface area contributed by atoms with E-state index in [0.29, 0.717) is 6.42 Å². The van der Waals surface area contributed by atoms with E-state index < -0.39 is 6.04 Å². The molecule has 4 heteroatoms. The maximum atomic E-state index is 10.9. The molecule has 0 saturated carbocycles. The summed E-state index contributed by atoms with van der Waals surface area (Å²) >= 11 is 0. The molecule has 13 heavy (non-hydrogen) atoms. The van der Waals surface area contributed by atoms with Crippen molar-refractivity contribution in [2.24, 2.45) is 5.73 Å². The van der Waals surface area contributed by atoms with E-state index >= 15 is 0 Å². The third-order valence-electron chi connectivity index (χ3n) is 2.11. The Hall–Kier alpha value is -0.610. The van der Waals surface area contributed by atoms with Crippen LogP contribution in [-0.2, 0) is 14.3 Å². The van der Waals surface area contributed by atoms with Gasteiger partial charge < -0.3 is 15.2 Å². The van der Waals surface area contributed by atoms with Crippen LogP contribution >= 0.6 is 0 Å². The third-order valence-corrected chi connectivity index (χ3v) is 2.11. The summed E-state index contributed by atoms with van der Waals surface area (Å²) in [7, 11) is 2.98. The van der Waals surface area contributed by atoms with Gasteiger partial charge in [0, 0.05) is 7.11 Å². The van der Waals surface area contributed by atoms with Crippen molar-refractivity contribution in [1.82, 2.24) is 0 Å². The van der Waals surface area contributed by atoms with Gasteiger partial charge >= 0.3 is 5.97 Å². The Kier molecular flexibility index (Phi) is 4.95. The molecule has 78 valence electrons. The molecule has 1 atom stereocenters. The average Bonchev–Trinajstić information content (AvgIpc) is 2.13. The molecule has 0 bridgehead atoms. The first kappa shape index (κ1) is 12.4. The van der Waals surface area contributed by atoms with E-state index in [0.717, 1.165) is 6.42 Å². The quantitative estimate of drug-likeness (QED) is 0.646. The number of ether oxygens (including phenoxy) is 2. The normalized spacial score (nSPS) is 13.9. The van der Waals surface area contributed by atoms with Crippen LogP contribution in [0.3, 0.4) is 0 Å². The third kappa shape index (κ3) is 4.85. The topological polar surface area (TPSA) is 61.5 Å². The number of rotatable bonds is 5. The van der Waals surface area contributed by atoms with Gasteiger partial charge in [-0.05, 0) is 26.7 Å². The highest BCUT2D eigenvalue weighted by Gasteiger charge is 2.21. The number of carbonyl (C=O) groups excluding carboxylic acids is 1. The molecule has 0 heterocycles. The number of esters is 1. The smallest absolute Gasteiger partial charge is 0.322 e. The summed E-state index contributed by atoms with van der Waals surface area (Å²) in [6, 6.07) is -0.542. The highest BCUT2D eigenvalue weighted by molar-refractivity contribution is 5.75. The second-order valence-electron chi connectivity index (χ2n) is 3.63. The van der Waals surface area contributed by atoms with E-state index in [1.165, 1.54) is 7.11 Å². The molecule has 0 fully saturated rings. The molecule has 0 amide bonds. The van der Waals surface area contributed by atoms with Crippen molar-refractivity contribution >= 4 is 5.97 Å². The van der Waals surface area contributed by atoms with E-state index in [2.05, 4.69) is 4.74 Å². The molecule has 1 unspecified atom stereocenters. The summed E-state index contributed by atoms with van der Waals surface area (Å²) in [6.45, 7) is 3.91. The summed E-state index contributed by atoms with van der Waals surface area (Å²) in [5.41, 5.74) is 5.33. The van der Waals surface area contributed by atoms with Gasteiger partial charge in [-0.2, -0.15) is 0 Å². The van der Waals surface area contributed by atoms with Crippen LogP contribution in [-0.4, -0.2) is 31.8 Å². The number of carbonyl (C=O) groups is 1. The molecule has 0 aromatic carbocycles. The van der Waals surface area contributed by atoms with Crippen molar-refractivity contribution in [3.63, 3.8) is 0 Å². The Morgan fingerprint density at radius 2 is 2.00 bits per heavy atom. The molecule has 0 spiro atoms. The fraction of sp³-hybridized carbons (Fsp3) is 0.889. The zero-order valence-electron chi connectivity index (χ0n) is 8.79. The van der Waals surface area contributed by atoms with E-state index in [1.54, 1.807) is 7.11 Å². The molecule has 2 N–H and O–H groups in total. The predicted octanol–water partition coefficient (Wildman–Crippen LogP) is 0.692. The molecule has 0 aromatic rings. The Balaban J connectivity index is 3.82. The second kappa shape index (κ2) is 5.19. The average molecular weight is 189 g/mol. The van der Waals surface area contributed by atoms with Crippen molar-refractivity contribution in [2.75, 3.05) is 14.2 Å². The van der Waals surface area contributed by atoms with Crippen LogP contribution in [0.5, 0.6) is 0 Å². The Bertz CT molecular complexity index is 168. The first-order chi connectivity index (χ1) is 5.93.